The molecular formula is C16H27BO2. The van der Waals surface area contributed by atoms with Crippen LogP contribution in [0.5, 0.6) is 0 Å². The molecule has 5 aliphatic rings. The van der Waals surface area contributed by atoms with Crippen LogP contribution in [-0.2, 0) is 9.31 Å². The van der Waals surface area contributed by atoms with Crippen molar-refractivity contribution in [3.05, 3.63) is 0 Å². The van der Waals surface area contributed by atoms with Crippen LogP contribution >= 0.6 is 0 Å². The minimum absolute atomic E-state index is 0.0556. The minimum Gasteiger partial charge on any atom is -0.403 e. The largest absolute Gasteiger partial charge is 0.461 e. The molecule has 0 spiro atoms. The molecule has 5 rings (SSSR count). The molecule has 0 amide bonds. The maximum atomic E-state index is 6.37. The summed E-state index contributed by atoms with van der Waals surface area (Å²) in [5, 5.41) is 0. The Bertz CT molecular complexity index is 346. The standard InChI is InChI=1S/C16H27BO2/c1-15(2)16(3,4)19-17(18-15)14-12-6-10-5-11(8-12)9-13(14)7-10/h10-14H,5-9H2,1-4H3. The molecule has 0 unspecified atom stereocenters. The van der Waals surface area contributed by atoms with Crippen molar-refractivity contribution in [3.63, 3.8) is 0 Å². The van der Waals surface area contributed by atoms with Crippen molar-refractivity contribution in [2.24, 2.45) is 23.7 Å². The Morgan fingerprint density at radius 3 is 1.58 bits per heavy atom. The molecule has 0 aromatic heterocycles. The molecule has 1 heterocycles. The molecule has 0 N–H and O–H groups in total. The smallest absolute Gasteiger partial charge is 0.403 e. The molecule has 106 valence electrons. The van der Waals surface area contributed by atoms with E-state index < -0.39 is 0 Å². The molecule has 0 radical (unpaired) electrons. The summed E-state index contributed by atoms with van der Waals surface area (Å²) in [5.41, 5.74) is -0.321. The van der Waals surface area contributed by atoms with Crippen LogP contribution in [0.3, 0.4) is 0 Å². The zero-order valence-electron chi connectivity index (χ0n) is 12.8. The van der Waals surface area contributed by atoms with Gasteiger partial charge < -0.3 is 9.31 Å². The zero-order valence-corrected chi connectivity index (χ0v) is 12.8. The molecule has 5 fully saturated rings. The topological polar surface area (TPSA) is 18.5 Å². The highest BCUT2D eigenvalue weighted by Gasteiger charge is 2.60. The Hall–Kier alpha value is -0.0151. The van der Waals surface area contributed by atoms with E-state index >= 15 is 0 Å². The third-order valence-electron chi connectivity index (χ3n) is 6.89. The predicted molar refractivity (Wildman–Crippen MR) is 76.9 cm³/mol. The lowest BCUT2D eigenvalue weighted by Gasteiger charge is -2.54. The predicted octanol–water partition coefficient (Wildman–Crippen LogP) is 3.90. The van der Waals surface area contributed by atoms with Gasteiger partial charge in [-0.05, 0) is 89.3 Å². The van der Waals surface area contributed by atoms with Crippen molar-refractivity contribution in [3.8, 4) is 0 Å². The van der Waals surface area contributed by atoms with Gasteiger partial charge in [-0.15, -0.1) is 0 Å². The van der Waals surface area contributed by atoms with Gasteiger partial charge in [-0.2, -0.15) is 0 Å². The first-order valence-electron chi connectivity index (χ1n) is 8.21. The summed E-state index contributed by atoms with van der Waals surface area (Å²) in [6, 6.07) is 0. The molecule has 3 heteroatoms. The van der Waals surface area contributed by atoms with Gasteiger partial charge in [-0.1, -0.05) is 0 Å². The van der Waals surface area contributed by atoms with E-state index in [1.807, 2.05) is 0 Å². The Labute approximate surface area is 117 Å². The van der Waals surface area contributed by atoms with Crippen LogP contribution in [0.15, 0.2) is 0 Å². The van der Waals surface area contributed by atoms with Crippen molar-refractivity contribution in [1.82, 2.24) is 0 Å². The fourth-order valence-corrected chi connectivity index (χ4v) is 5.46. The zero-order chi connectivity index (χ0) is 13.4. The van der Waals surface area contributed by atoms with Crippen LogP contribution in [0.1, 0.15) is 59.8 Å². The second-order valence-electron chi connectivity index (χ2n) is 8.63. The average Bonchev–Trinajstić information content (AvgIpc) is 2.45. The third-order valence-corrected chi connectivity index (χ3v) is 6.89. The molecule has 19 heavy (non-hydrogen) atoms. The molecule has 4 bridgehead atoms. The Morgan fingerprint density at radius 1 is 0.737 bits per heavy atom. The van der Waals surface area contributed by atoms with Crippen LogP contribution < -0.4 is 0 Å². The quantitative estimate of drug-likeness (QED) is 0.667. The molecular weight excluding hydrogens is 235 g/mol. The molecule has 4 aliphatic carbocycles. The lowest BCUT2D eigenvalue weighted by atomic mass is 9.43. The molecule has 1 saturated heterocycles. The van der Waals surface area contributed by atoms with Gasteiger partial charge in [0.05, 0.1) is 11.2 Å². The maximum absolute atomic E-state index is 6.37. The van der Waals surface area contributed by atoms with E-state index in [1.165, 1.54) is 32.1 Å². The summed E-state index contributed by atoms with van der Waals surface area (Å²) in [4.78, 5) is 0. The first kappa shape index (κ1) is 12.7. The van der Waals surface area contributed by atoms with Crippen LogP contribution in [0.4, 0.5) is 0 Å². The van der Waals surface area contributed by atoms with Gasteiger partial charge in [-0.3, -0.25) is 0 Å². The van der Waals surface area contributed by atoms with Gasteiger partial charge in [0, 0.05) is 0 Å². The molecule has 0 atom stereocenters. The Morgan fingerprint density at radius 2 is 1.16 bits per heavy atom. The summed E-state index contributed by atoms with van der Waals surface area (Å²) in [6.07, 6.45) is 7.30. The van der Waals surface area contributed by atoms with Gasteiger partial charge >= 0.3 is 7.12 Å². The normalized spacial score (nSPS) is 49.9. The second kappa shape index (κ2) is 3.79. The van der Waals surface area contributed by atoms with E-state index in [0.29, 0.717) is 5.82 Å². The summed E-state index contributed by atoms with van der Waals surface area (Å²) < 4.78 is 12.7. The summed E-state index contributed by atoms with van der Waals surface area (Å²) in [5.74, 6) is 4.49. The fraction of sp³-hybridized carbons (Fsp3) is 1.00. The third kappa shape index (κ3) is 1.77. The van der Waals surface area contributed by atoms with Crippen molar-refractivity contribution < 1.29 is 9.31 Å². The maximum Gasteiger partial charge on any atom is 0.461 e. The van der Waals surface area contributed by atoms with E-state index in [0.717, 1.165) is 23.7 Å². The molecule has 0 aromatic rings. The van der Waals surface area contributed by atoms with Crippen molar-refractivity contribution in [2.75, 3.05) is 0 Å². The lowest BCUT2D eigenvalue weighted by molar-refractivity contribution is 0.00578. The van der Waals surface area contributed by atoms with Gasteiger partial charge in [-0.25, -0.2) is 0 Å². The van der Waals surface area contributed by atoms with Gasteiger partial charge in [0.25, 0.3) is 0 Å². The second-order valence-corrected chi connectivity index (χ2v) is 8.63. The van der Waals surface area contributed by atoms with E-state index in [1.54, 1.807) is 0 Å². The SMILES string of the molecule is CC1(C)OB(C2C3CC4CC(C3)CC2C4)OC1(C)C. The van der Waals surface area contributed by atoms with Crippen LogP contribution in [0.2, 0.25) is 5.82 Å². The lowest BCUT2D eigenvalue weighted by Crippen LogP contribution is -2.48. The molecule has 0 aromatic carbocycles. The molecule has 1 aliphatic heterocycles. The summed E-state index contributed by atoms with van der Waals surface area (Å²) in [7, 11) is 0.0556. The summed E-state index contributed by atoms with van der Waals surface area (Å²) in [6.45, 7) is 8.73. The van der Waals surface area contributed by atoms with E-state index in [-0.39, 0.29) is 18.3 Å². The summed E-state index contributed by atoms with van der Waals surface area (Å²) >= 11 is 0. The highest BCUT2D eigenvalue weighted by atomic mass is 16.7. The number of rotatable bonds is 1. The van der Waals surface area contributed by atoms with Crippen LogP contribution in [0.25, 0.3) is 0 Å². The highest BCUT2D eigenvalue weighted by Crippen LogP contribution is 2.61. The minimum atomic E-state index is -0.160. The van der Waals surface area contributed by atoms with Crippen LogP contribution in [-0.4, -0.2) is 18.3 Å². The van der Waals surface area contributed by atoms with E-state index in [2.05, 4.69) is 27.7 Å². The van der Waals surface area contributed by atoms with Crippen LogP contribution in [0, 0.1) is 23.7 Å². The van der Waals surface area contributed by atoms with Gasteiger partial charge in [0.15, 0.2) is 0 Å². The van der Waals surface area contributed by atoms with Crippen molar-refractivity contribution >= 4 is 7.12 Å². The van der Waals surface area contributed by atoms with E-state index in [9.17, 15) is 0 Å². The Balaban J connectivity index is 1.58. The fourth-order valence-electron chi connectivity index (χ4n) is 5.46. The van der Waals surface area contributed by atoms with Gasteiger partial charge in [0.2, 0.25) is 0 Å². The first-order valence-corrected chi connectivity index (χ1v) is 8.21. The van der Waals surface area contributed by atoms with Crippen molar-refractivity contribution in [1.29, 1.82) is 0 Å². The van der Waals surface area contributed by atoms with Gasteiger partial charge in [0.1, 0.15) is 0 Å². The Kier molecular flexibility index (Phi) is 2.54. The van der Waals surface area contributed by atoms with Crippen molar-refractivity contribution in [2.45, 2.75) is 76.8 Å². The monoisotopic (exact) mass is 262 g/mol. The van der Waals surface area contributed by atoms with E-state index in [4.69, 9.17) is 9.31 Å². The molecule has 2 nitrogen and oxygen atoms in total. The first-order chi connectivity index (χ1) is 8.86. The average molecular weight is 262 g/mol. The number of hydrogen-bond donors (Lipinski definition) is 0. The molecule has 4 saturated carbocycles. The highest BCUT2D eigenvalue weighted by molar-refractivity contribution is 6.47. The number of hydrogen-bond acceptors (Lipinski definition) is 2.